The molecule has 0 aliphatic heterocycles. The van der Waals surface area contributed by atoms with Crippen LogP contribution in [0.1, 0.15) is 45.6 Å². The summed E-state index contributed by atoms with van der Waals surface area (Å²) >= 11 is 0. The molecule has 4 nitrogen and oxygen atoms in total. The summed E-state index contributed by atoms with van der Waals surface area (Å²) in [6.07, 6.45) is 2.62. The van der Waals surface area contributed by atoms with Crippen molar-refractivity contribution in [1.29, 1.82) is 0 Å². The Morgan fingerprint density at radius 3 is 2.52 bits per heavy atom. The van der Waals surface area contributed by atoms with Crippen molar-refractivity contribution in [3.05, 3.63) is 35.9 Å². The zero-order valence-electron chi connectivity index (χ0n) is 14.4. The van der Waals surface area contributed by atoms with Crippen molar-refractivity contribution in [1.82, 2.24) is 0 Å². The first-order valence-corrected chi connectivity index (χ1v) is 8.37. The summed E-state index contributed by atoms with van der Waals surface area (Å²) in [7, 11) is 0. The molecular weight excluding hydrogens is 292 g/mol. The summed E-state index contributed by atoms with van der Waals surface area (Å²) in [6.45, 7) is 7.51. The lowest BCUT2D eigenvalue weighted by molar-refractivity contribution is -0.157. The highest BCUT2D eigenvalue weighted by Gasteiger charge is 2.30. The fraction of sp³-hybridized carbons (Fsp3) is 0.632. The van der Waals surface area contributed by atoms with Crippen LogP contribution in [-0.4, -0.2) is 30.9 Å². The van der Waals surface area contributed by atoms with Crippen molar-refractivity contribution in [2.45, 2.75) is 58.3 Å². The number of esters is 1. The molecule has 2 rings (SSSR count). The Bertz CT molecular complexity index is 472. The van der Waals surface area contributed by atoms with Crippen LogP contribution >= 0.6 is 0 Å². The van der Waals surface area contributed by atoms with Gasteiger partial charge in [0.1, 0.15) is 5.60 Å². The minimum Gasteiger partial charge on any atom is -0.460 e. The van der Waals surface area contributed by atoms with Crippen molar-refractivity contribution in [3.63, 3.8) is 0 Å². The lowest BCUT2D eigenvalue weighted by Gasteiger charge is -2.34. The average Bonchev–Trinajstić information content (AvgIpc) is 2.43. The van der Waals surface area contributed by atoms with E-state index in [-0.39, 0.29) is 12.1 Å². The third-order valence-electron chi connectivity index (χ3n) is 3.74. The standard InChI is InChI=1S/C19H28O4/c1-19(2,3)23-18(20)9-10-22-17-11-16(12-17)14-21-13-15-7-5-4-6-8-15/h4-8,16-17H,9-14H2,1-3H3. The molecular formula is C19H28O4. The van der Waals surface area contributed by atoms with Gasteiger partial charge >= 0.3 is 5.97 Å². The fourth-order valence-corrected chi connectivity index (χ4v) is 2.57. The quantitative estimate of drug-likeness (QED) is 0.685. The lowest BCUT2D eigenvalue weighted by Crippen LogP contribution is -2.35. The molecule has 1 fully saturated rings. The first-order valence-electron chi connectivity index (χ1n) is 8.37. The van der Waals surface area contributed by atoms with Crippen molar-refractivity contribution in [2.24, 2.45) is 5.92 Å². The van der Waals surface area contributed by atoms with E-state index in [0.29, 0.717) is 25.6 Å². The lowest BCUT2D eigenvalue weighted by atomic mass is 9.83. The van der Waals surface area contributed by atoms with Gasteiger partial charge in [0.2, 0.25) is 0 Å². The summed E-state index contributed by atoms with van der Waals surface area (Å²) in [5, 5.41) is 0. The number of carbonyl (C=O) groups is 1. The van der Waals surface area contributed by atoms with Crippen molar-refractivity contribution in [3.8, 4) is 0 Å². The largest absolute Gasteiger partial charge is 0.460 e. The van der Waals surface area contributed by atoms with Crippen molar-refractivity contribution in [2.75, 3.05) is 13.2 Å². The number of hydrogen-bond acceptors (Lipinski definition) is 4. The first kappa shape index (κ1) is 18.0. The Morgan fingerprint density at radius 1 is 1.17 bits per heavy atom. The van der Waals surface area contributed by atoms with Gasteiger partial charge in [0.05, 0.1) is 32.3 Å². The van der Waals surface area contributed by atoms with E-state index in [9.17, 15) is 4.79 Å². The highest BCUT2D eigenvalue weighted by atomic mass is 16.6. The third kappa shape index (κ3) is 7.14. The SMILES string of the molecule is CC(C)(C)OC(=O)CCOC1CC(COCc2ccccc2)C1. The molecule has 0 spiro atoms. The van der Waals surface area contributed by atoms with Gasteiger partial charge in [-0.2, -0.15) is 0 Å². The molecule has 0 atom stereocenters. The van der Waals surface area contributed by atoms with Gasteiger partial charge < -0.3 is 14.2 Å². The van der Waals surface area contributed by atoms with Crippen molar-refractivity contribution >= 4 is 5.97 Å². The monoisotopic (exact) mass is 320 g/mol. The number of benzene rings is 1. The molecule has 1 aromatic rings. The van der Waals surface area contributed by atoms with E-state index in [2.05, 4.69) is 12.1 Å². The van der Waals surface area contributed by atoms with Crippen LogP contribution in [0.4, 0.5) is 0 Å². The molecule has 1 saturated carbocycles. The molecule has 0 heterocycles. The van der Waals surface area contributed by atoms with Gasteiger partial charge in [-0.15, -0.1) is 0 Å². The molecule has 1 aliphatic carbocycles. The number of rotatable bonds is 8. The van der Waals surface area contributed by atoms with Gasteiger partial charge in [-0.05, 0) is 45.1 Å². The zero-order chi connectivity index (χ0) is 16.7. The van der Waals surface area contributed by atoms with Gasteiger partial charge in [-0.25, -0.2) is 0 Å². The van der Waals surface area contributed by atoms with E-state index in [1.54, 1.807) is 0 Å². The van der Waals surface area contributed by atoms with Crippen LogP contribution in [0.2, 0.25) is 0 Å². The number of ether oxygens (including phenoxy) is 3. The van der Waals surface area contributed by atoms with Crippen LogP contribution in [0, 0.1) is 5.92 Å². The summed E-state index contributed by atoms with van der Waals surface area (Å²) in [5.74, 6) is 0.379. The van der Waals surface area contributed by atoms with E-state index in [1.807, 2.05) is 39.0 Å². The Morgan fingerprint density at radius 2 is 1.87 bits per heavy atom. The van der Waals surface area contributed by atoms with Crippen LogP contribution in [0.25, 0.3) is 0 Å². The molecule has 128 valence electrons. The molecule has 0 aromatic heterocycles. The normalized spacial score (nSPS) is 20.8. The second-order valence-electron chi connectivity index (χ2n) is 7.17. The molecule has 23 heavy (non-hydrogen) atoms. The zero-order valence-corrected chi connectivity index (χ0v) is 14.4. The average molecular weight is 320 g/mol. The van der Waals surface area contributed by atoms with E-state index in [4.69, 9.17) is 14.2 Å². The Labute approximate surface area is 139 Å². The van der Waals surface area contributed by atoms with Gasteiger partial charge in [0.25, 0.3) is 0 Å². The minimum absolute atomic E-state index is 0.195. The topological polar surface area (TPSA) is 44.8 Å². The molecule has 0 saturated heterocycles. The van der Waals surface area contributed by atoms with Crippen LogP contribution in [-0.2, 0) is 25.6 Å². The molecule has 0 unspecified atom stereocenters. The van der Waals surface area contributed by atoms with E-state index < -0.39 is 5.60 Å². The smallest absolute Gasteiger partial charge is 0.308 e. The molecule has 0 amide bonds. The highest BCUT2D eigenvalue weighted by Crippen LogP contribution is 2.30. The highest BCUT2D eigenvalue weighted by molar-refractivity contribution is 5.69. The Kier molecular flexibility index (Phi) is 6.60. The molecule has 0 N–H and O–H groups in total. The Balaban J connectivity index is 1.48. The minimum atomic E-state index is -0.422. The van der Waals surface area contributed by atoms with Crippen LogP contribution in [0.3, 0.4) is 0 Å². The molecule has 1 aromatic carbocycles. The first-order chi connectivity index (χ1) is 10.9. The summed E-state index contributed by atoms with van der Waals surface area (Å²) < 4.78 is 16.7. The van der Waals surface area contributed by atoms with E-state index in [0.717, 1.165) is 19.4 Å². The second kappa shape index (κ2) is 8.46. The number of hydrogen-bond donors (Lipinski definition) is 0. The predicted molar refractivity (Wildman–Crippen MR) is 89.0 cm³/mol. The van der Waals surface area contributed by atoms with Crippen LogP contribution in [0.5, 0.6) is 0 Å². The van der Waals surface area contributed by atoms with Gasteiger partial charge in [-0.1, -0.05) is 30.3 Å². The van der Waals surface area contributed by atoms with E-state index in [1.165, 1.54) is 5.56 Å². The third-order valence-corrected chi connectivity index (χ3v) is 3.74. The summed E-state index contributed by atoms with van der Waals surface area (Å²) in [5.41, 5.74) is 0.784. The summed E-state index contributed by atoms with van der Waals surface area (Å²) in [6, 6.07) is 10.2. The fourth-order valence-electron chi connectivity index (χ4n) is 2.57. The maximum Gasteiger partial charge on any atom is 0.308 e. The summed E-state index contributed by atoms with van der Waals surface area (Å²) in [4.78, 5) is 11.6. The molecule has 0 bridgehead atoms. The molecule has 0 radical (unpaired) electrons. The Hall–Kier alpha value is -1.39. The van der Waals surface area contributed by atoms with Gasteiger partial charge in [-0.3, -0.25) is 4.79 Å². The van der Waals surface area contributed by atoms with Crippen LogP contribution in [0.15, 0.2) is 30.3 Å². The van der Waals surface area contributed by atoms with Crippen molar-refractivity contribution < 1.29 is 19.0 Å². The molecule has 4 heteroatoms. The van der Waals surface area contributed by atoms with Gasteiger partial charge in [0, 0.05) is 0 Å². The molecule has 1 aliphatic rings. The predicted octanol–water partition coefficient (Wildman–Crippen LogP) is 3.73. The van der Waals surface area contributed by atoms with Gasteiger partial charge in [0.15, 0.2) is 0 Å². The maximum absolute atomic E-state index is 11.6. The number of carbonyl (C=O) groups excluding carboxylic acids is 1. The van der Waals surface area contributed by atoms with Crippen LogP contribution < -0.4 is 0 Å². The second-order valence-corrected chi connectivity index (χ2v) is 7.17. The maximum atomic E-state index is 11.6. The van der Waals surface area contributed by atoms with E-state index >= 15 is 0 Å².